The maximum absolute atomic E-state index is 9.92. The number of alkyl halides is 2. The second kappa shape index (κ2) is 27.9. The van der Waals surface area contributed by atoms with Crippen LogP contribution < -0.4 is 24.3 Å². The van der Waals surface area contributed by atoms with Crippen molar-refractivity contribution in [3.05, 3.63) is 163 Å². The summed E-state index contributed by atoms with van der Waals surface area (Å²) >= 11 is 9.53. The molecule has 20 heteroatoms. The number of rotatable bonds is 10. The van der Waals surface area contributed by atoms with E-state index in [0.717, 1.165) is 75.7 Å². The summed E-state index contributed by atoms with van der Waals surface area (Å²) in [5, 5.41) is 22.1. The summed E-state index contributed by atoms with van der Waals surface area (Å²) in [5.41, 5.74) is 10.3. The molecule has 4 heterocycles. The molecule has 75 heavy (non-hydrogen) atoms. The van der Waals surface area contributed by atoms with Crippen LogP contribution in [0.1, 0.15) is 36.9 Å². The number of para-hydroxylation sites is 2. The lowest BCUT2D eigenvalue weighted by atomic mass is 10.1. The van der Waals surface area contributed by atoms with Gasteiger partial charge in [0, 0.05) is 96.4 Å². The van der Waals surface area contributed by atoms with Crippen molar-refractivity contribution in [2.24, 2.45) is 22.4 Å². The van der Waals surface area contributed by atoms with Gasteiger partial charge in [0.05, 0.1) is 49.9 Å². The molecule has 10 rings (SSSR count). The second-order valence-electron chi connectivity index (χ2n) is 17.0. The summed E-state index contributed by atoms with van der Waals surface area (Å²) < 4.78 is 60.7. The van der Waals surface area contributed by atoms with Gasteiger partial charge in [-0.3, -0.25) is 17.6 Å². The van der Waals surface area contributed by atoms with E-state index in [1.807, 2.05) is 24.5 Å². The van der Waals surface area contributed by atoms with Crippen molar-refractivity contribution in [1.82, 2.24) is 0 Å². The third-order valence-electron chi connectivity index (χ3n) is 12.6. The zero-order valence-electron chi connectivity index (χ0n) is 42.8. The number of anilines is 4. The van der Waals surface area contributed by atoms with Crippen molar-refractivity contribution in [3.63, 3.8) is 0 Å². The van der Waals surface area contributed by atoms with Gasteiger partial charge in [0.25, 0.3) is 0 Å². The fourth-order valence-corrected chi connectivity index (χ4v) is 8.91. The molecule has 0 amide bonds. The number of nitrogens with zero attached hydrogens (tertiary/aromatic N) is 8. The zero-order valence-corrected chi connectivity index (χ0v) is 45.9. The predicted octanol–water partition coefficient (Wildman–Crippen LogP) is 11.5. The van der Waals surface area contributed by atoms with Crippen LogP contribution in [0, 0.1) is 0 Å². The van der Waals surface area contributed by atoms with Gasteiger partial charge >= 0.3 is 10.4 Å². The Morgan fingerprint density at radius 1 is 0.653 bits per heavy atom. The minimum absolute atomic E-state index is 0.194. The number of hydrogen-bond acceptors (Lipinski definition) is 15. The van der Waals surface area contributed by atoms with Crippen LogP contribution in [0.15, 0.2) is 167 Å². The first kappa shape index (κ1) is 57.8. The molecule has 1 aromatic heterocycles. The topological polar surface area (TPSA) is 173 Å². The van der Waals surface area contributed by atoms with Gasteiger partial charge in [-0.25, -0.2) is 8.42 Å². The van der Waals surface area contributed by atoms with Gasteiger partial charge in [-0.15, -0.1) is 23.2 Å². The molecule has 0 saturated carbocycles. The minimum Gasteiger partial charge on any atom is -0.726 e. The number of halogens is 2. The van der Waals surface area contributed by atoms with Gasteiger partial charge in [0.1, 0.15) is 13.3 Å². The highest BCUT2D eigenvalue weighted by Gasteiger charge is 2.19. The number of allylic oxidation sites excluding steroid dienone is 1. The molecule has 0 radical (unpaired) electrons. The van der Waals surface area contributed by atoms with Gasteiger partial charge in [-0.2, -0.15) is 28.3 Å². The normalized spacial score (nSPS) is 14.8. The fraction of sp³-hybridized carbons (Fsp3) is 0.273. The van der Waals surface area contributed by atoms with E-state index in [0.29, 0.717) is 0 Å². The van der Waals surface area contributed by atoms with E-state index in [9.17, 15) is 21.4 Å². The number of hydrogen-bond donors (Lipinski definition) is 0. The van der Waals surface area contributed by atoms with Crippen LogP contribution in [0.2, 0.25) is 0 Å². The summed E-state index contributed by atoms with van der Waals surface area (Å²) in [6, 6.07) is 47.0. The standard InChI is InChI=1S/C26H27N4.C25H24N4.C2H6O4S.CH2Cl2.CH4O4S/c1-28-21(14-13-20-9-3-6-12-24(20)28)19-27-29(2)25-15-16-26(30-17-7-8-18-30)23-11-5-4-10-22(23)25;1-28-20(13-12-19-8-2-5-11-24(19)28)18-26-27-23-14-15-25(29-16-6-7-17-29)22-10-4-3-9-21(22)23;1-5-7(3,4)6-2;2-1-3;1-5-6(2,3)4/h3-6,9-16,19H,7-8,17-18H2,1-2H3;2-5,8-15,18H,6-7,16-17H2,1H3;1-2H3;1H2;1H3,(H,2,3,4)/q+1;;;;/p-1/b;20-18+,27-26?;;;. The molecule has 6 aromatic carbocycles. The van der Waals surface area contributed by atoms with Gasteiger partial charge in [0.2, 0.25) is 21.6 Å². The van der Waals surface area contributed by atoms with Crippen LogP contribution in [-0.4, -0.2) is 94.5 Å². The summed E-state index contributed by atoms with van der Waals surface area (Å²) in [5.74, 6) is 0. The molecule has 0 aliphatic carbocycles. The SMILES string of the molecule is CN(/N=C/c1ccc2ccccc2[n+]1C)c1ccc(N2CCCC2)c2ccccc12.CN1/C(=C/N=Nc2ccc(N3CCCC3)c3ccccc23)C=Cc2ccccc21.COS(=O)(=O)OC.COS(=O)(=O)[O-].ClCCl. The highest BCUT2D eigenvalue weighted by molar-refractivity contribution is 7.81. The molecule has 16 nitrogen and oxygen atoms in total. The Labute approximate surface area is 450 Å². The van der Waals surface area contributed by atoms with E-state index in [1.54, 1.807) is 0 Å². The third-order valence-corrected chi connectivity index (χ3v) is 13.8. The van der Waals surface area contributed by atoms with Gasteiger partial charge in [-0.05, 0) is 79.8 Å². The van der Waals surface area contributed by atoms with E-state index in [1.165, 1.54) is 75.4 Å². The van der Waals surface area contributed by atoms with Crippen LogP contribution in [0.4, 0.5) is 28.4 Å². The molecule has 0 bridgehead atoms. The number of azo groups is 1. The molecule has 0 spiro atoms. The van der Waals surface area contributed by atoms with Crippen molar-refractivity contribution in [3.8, 4) is 0 Å². The second-order valence-corrected chi connectivity index (χ2v) is 20.4. The number of pyridine rings is 1. The Bertz CT molecular complexity index is 3380. The average molecular weight is 1100 g/mol. The lowest BCUT2D eigenvalue weighted by molar-refractivity contribution is -0.645. The zero-order chi connectivity index (χ0) is 54.0. The van der Waals surface area contributed by atoms with E-state index in [-0.39, 0.29) is 5.34 Å². The van der Waals surface area contributed by atoms with Crippen molar-refractivity contribution in [2.75, 3.05) is 86.7 Å². The third kappa shape index (κ3) is 15.8. The van der Waals surface area contributed by atoms with Crippen LogP contribution in [0.25, 0.3) is 38.5 Å². The van der Waals surface area contributed by atoms with Crippen molar-refractivity contribution in [1.29, 1.82) is 0 Å². The number of aryl methyl sites for hydroxylation is 1. The largest absolute Gasteiger partial charge is 0.726 e. The Morgan fingerprint density at radius 3 is 1.76 bits per heavy atom. The van der Waals surface area contributed by atoms with Crippen molar-refractivity contribution in [2.45, 2.75) is 25.7 Å². The van der Waals surface area contributed by atoms with E-state index in [4.69, 9.17) is 28.3 Å². The first-order valence-corrected chi connectivity index (χ1v) is 27.7. The Kier molecular flexibility index (Phi) is 21.5. The lowest BCUT2D eigenvalue weighted by Crippen LogP contribution is -2.34. The predicted molar refractivity (Wildman–Crippen MR) is 305 cm³/mol. The number of likely N-dealkylation sites (N-methyl/N-ethyl adjacent to an activating group) is 1. The molecule has 396 valence electrons. The molecule has 2 fully saturated rings. The molecule has 2 saturated heterocycles. The van der Waals surface area contributed by atoms with E-state index >= 15 is 0 Å². The molecule has 0 unspecified atom stereocenters. The highest BCUT2D eigenvalue weighted by atomic mass is 35.5. The Hall–Kier alpha value is -6.48. The summed E-state index contributed by atoms with van der Waals surface area (Å²) in [7, 11) is 0.961. The van der Waals surface area contributed by atoms with Gasteiger partial charge in [0.15, 0.2) is 0 Å². The number of benzene rings is 6. The summed E-state index contributed by atoms with van der Waals surface area (Å²) in [4.78, 5) is 7.12. The molecule has 0 atom stereocenters. The van der Waals surface area contributed by atoms with Crippen molar-refractivity contribution >= 4 is 117 Å². The number of fused-ring (bicyclic) bond motifs is 4. The van der Waals surface area contributed by atoms with Crippen molar-refractivity contribution < 1.29 is 38.5 Å². The first-order valence-electron chi connectivity index (χ1n) is 23.9. The molecule has 0 N–H and O–H groups in total. The maximum atomic E-state index is 9.92. The fourth-order valence-electron chi connectivity index (χ4n) is 8.78. The molecule has 7 aromatic rings. The van der Waals surface area contributed by atoms with Gasteiger partial charge < -0.3 is 19.3 Å². The Morgan fingerprint density at radius 2 is 1.17 bits per heavy atom. The smallest absolute Gasteiger partial charge is 0.399 e. The molecular weight excluding hydrogens is 1040 g/mol. The minimum atomic E-state index is -4.41. The molecule has 3 aliphatic heterocycles. The monoisotopic (exact) mass is 1100 g/mol. The van der Waals surface area contributed by atoms with Crippen LogP contribution in [0.3, 0.4) is 0 Å². The number of hydrazone groups is 1. The summed E-state index contributed by atoms with van der Waals surface area (Å²) in [6.45, 7) is 4.57. The van der Waals surface area contributed by atoms with Crippen LogP contribution in [-0.2, 0) is 40.4 Å². The molecule has 3 aliphatic rings. The molecular formula is C55H62Cl2N8O8S2. The first-order chi connectivity index (χ1) is 36.1. The maximum Gasteiger partial charge on any atom is 0.399 e. The highest BCUT2D eigenvalue weighted by Crippen LogP contribution is 2.37. The van der Waals surface area contributed by atoms with Crippen LogP contribution in [0.5, 0.6) is 0 Å². The van der Waals surface area contributed by atoms with E-state index < -0.39 is 20.8 Å². The van der Waals surface area contributed by atoms with Gasteiger partial charge in [-0.1, -0.05) is 84.9 Å². The van der Waals surface area contributed by atoms with E-state index in [2.05, 4.69) is 202 Å². The lowest BCUT2D eigenvalue weighted by Gasteiger charge is -2.25. The Balaban J connectivity index is 0.000000190. The van der Waals surface area contributed by atoms with Crippen LogP contribution >= 0.6 is 23.2 Å². The average Bonchev–Trinajstić information content (AvgIpc) is 4.18. The quantitative estimate of drug-likeness (QED) is 0.0242. The summed E-state index contributed by atoms with van der Waals surface area (Å²) in [6.07, 6.45) is 13.1. The number of aromatic nitrogens is 1.